The average molecular weight is 311 g/mol. The summed E-state index contributed by atoms with van der Waals surface area (Å²) in [6, 6.07) is 7.02. The van der Waals surface area contributed by atoms with Crippen molar-refractivity contribution in [3.8, 4) is 0 Å². The number of carboxylic acid groups (broad SMARTS) is 1. The second-order valence-electron chi connectivity index (χ2n) is 5.22. The van der Waals surface area contributed by atoms with Crippen LogP contribution in [0.3, 0.4) is 0 Å². The number of hydrogen-bond acceptors (Lipinski definition) is 3. The zero-order chi connectivity index (χ0) is 15.2. The summed E-state index contributed by atoms with van der Waals surface area (Å²) in [6.45, 7) is -0.226. The first kappa shape index (κ1) is 15.8. The van der Waals surface area contributed by atoms with Crippen molar-refractivity contribution in [3.63, 3.8) is 0 Å². The first-order chi connectivity index (χ1) is 10.1. The van der Waals surface area contributed by atoms with E-state index in [0.717, 1.165) is 12.8 Å². The van der Waals surface area contributed by atoms with E-state index >= 15 is 0 Å². The second kappa shape index (κ2) is 7.43. The highest BCUT2D eigenvalue weighted by Crippen LogP contribution is 2.20. The van der Waals surface area contributed by atoms with Crippen molar-refractivity contribution in [2.45, 2.75) is 31.7 Å². The van der Waals surface area contributed by atoms with Gasteiger partial charge in [-0.3, -0.25) is 9.59 Å². The van der Waals surface area contributed by atoms with Crippen LogP contribution in [0.2, 0.25) is 5.02 Å². The zero-order valence-electron chi connectivity index (χ0n) is 11.7. The molecule has 0 spiro atoms. The van der Waals surface area contributed by atoms with Gasteiger partial charge in [0, 0.05) is 16.8 Å². The van der Waals surface area contributed by atoms with Crippen molar-refractivity contribution in [1.82, 2.24) is 5.32 Å². The van der Waals surface area contributed by atoms with E-state index in [4.69, 9.17) is 16.7 Å². The summed E-state index contributed by atoms with van der Waals surface area (Å²) in [7, 11) is 0. The van der Waals surface area contributed by atoms with E-state index in [0.29, 0.717) is 16.8 Å². The van der Waals surface area contributed by atoms with E-state index in [9.17, 15) is 9.59 Å². The number of benzene rings is 1. The van der Waals surface area contributed by atoms with Crippen LogP contribution in [0.25, 0.3) is 0 Å². The Morgan fingerprint density at radius 1 is 1.33 bits per heavy atom. The normalized spacial score (nSPS) is 15.1. The van der Waals surface area contributed by atoms with Crippen LogP contribution in [0, 0.1) is 0 Å². The van der Waals surface area contributed by atoms with Gasteiger partial charge in [-0.2, -0.15) is 0 Å². The van der Waals surface area contributed by atoms with Gasteiger partial charge in [-0.05, 0) is 31.0 Å². The number of amides is 1. The molecule has 2 rings (SSSR count). The van der Waals surface area contributed by atoms with Crippen molar-refractivity contribution in [1.29, 1.82) is 0 Å². The summed E-state index contributed by atoms with van der Waals surface area (Å²) in [6.07, 6.45) is 4.50. The molecule has 0 saturated heterocycles. The molecule has 21 heavy (non-hydrogen) atoms. The van der Waals surface area contributed by atoms with Gasteiger partial charge >= 0.3 is 5.97 Å². The molecule has 0 aromatic heterocycles. The Bertz CT molecular complexity index is 515. The van der Waals surface area contributed by atoms with E-state index in [2.05, 4.69) is 5.32 Å². The van der Waals surface area contributed by atoms with Gasteiger partial charge in [0.05, 0.1) is 6.54 Å². The Labute approximate surface area is 128 Å². The first-order valence-electron chi connectivity index (χ1n) is 7.07. The predicted octanol–water partition coefficient (Wildman–Crippen LogP) is 2.29. The number of carbonyl (C=O) groups is 2. The monoisotopic (exact) mass is 310 g/mol. The van der Waals surface area contributed by atoms with E-state index in [1.54, 1.807) is 24.3 Å². The number of anilines is 1. The number of aliphatic carboxylic acids is 1. The molecule has 0 heterocycles. The minimum Gasteiger partial charge on any atom is -0.480 e. The van der Waals surface area contributed by atoms with E-state index in [1.165, 1.54) is 17.7 Å². The van der Waals surface area contributed by atoms with E-state index in [1.807, 2.05) is 0 Å². The Balaban J connectivity index is 2.03. The zero-order valence-corrected chi connectivity index (χ0v) is 12.5. The molecular formula is C15H19ClN2O3. The lowest BCUT2D eigenvalue weighted by molar-refractivity contribution is -0.136. The molecule has 0 bridgehead atoms. The van der Waals surface area contributed by atoms with Gasteiger partial charge < -0.3 is 15.3 Å². The van der Waals surface area contributed by atoms with Crippen LogP contribution in [0.5, 0.6) is 0 Å². The Kier molecular flexibility index (Phi) is 5.59. The van der Waals surface area contributed by atoms with Gasteiger partial charge in [-0.15, -0.1) is 0 Å². The third kappa shape index (κ3) is 4.72. The first-order valence-corrected chi connectivity index (χ1v) is 7.45. The Morgan fingerprint density at radius 3 is 2.67 bits per heavy atom. The molecule has 1 fully saturated rings. The molecule has 0 atom stereocenters. The van der Waals surface area contributed by atoms with Crippen LogP contribution in [-0.2, 0) is 9.59 Å². The van der Waals surface area contributed by atoms with Gasteiger partial charge in [0.25, 0.3) is 0 Å². The van der Waals surface area contributed by atoms with Crippen LogP contribution in [0.15, 0.2) is 24.3 Å². The molecule has 2 N–H and O–H groups in total. The summed E-state index contributed by atoms with van der Waals surface area (Å²) in [5.41, 5.74) is 0.503. The number of carboxylic acids is 1. The SMILES string of the molecule is O=C(O)CN(C(=O)CNC1CCCC1)c1cccc(Cl)c1. The lowest BCUT2D eigenvalue weighted by Gasteiger charge is -2.22. The molecule has 1 aromatic rings. The average Bonchev–Trinajstić information content (AvgIpc) is 2.95. The smallest absolute Gasteiger partial charge is 0.323 e. The van der Waals surface area contributed by atoms with Gasteiger partial charge in [0.2, 0.25) is 5.91 Å². The summed E-state index contributed by atoms with van der Waals surface area (Å²) >= 11 is 5.91. The van der Waals surface area contributed by atoms with Gasteiger partial charge in [-0.1, -0.05) is 30.5 Å². The van der Waals surface area contributed by atoms with Gasteiger partial charge in [-0.25, -0.2) is 0 Å². The third-order valence-electron chi connectivity index (χ3n) is 3.61. The summed E-state index contributed by atoms with van der Waals surface area (Å²) in [4.78, 5) is 24.5. The van der Waals surface area contributed by atoms with Crippen LogP contribution < -0.4 is 10.2 Å². The standard InChI is InChI=1S/C15H19ClN2O3/c16-11-4-3-7-13(8-11)18(10-15(20)21)14(19)9-17-12-5-1-2-6-12/h3-4,7-8,12,17H,1-2,5-6,9-10H2,(H,20,21). The molecular weight excluding hydrogens is 292 g/mol. The number of nitrogens with one attached hydrogen (secondary N) is 1. The highest BCUT2D eigenvalue weighted by atomic mass is 35.5. The maximum Gasteiger partial charge on any atom is 0.323 e. The quantitative estimate of drug-likeness (QED) is 0.846. The minimum absolute atomic E-state index is 0.143. The molecule has 114 valence electrons. The minimum atomic E-state index is -1.05. The second-order valence-corrected chi connectivity index (χ2v) is 5.65. The fourth-order valence-corrected chi connectivity index (χ4v) is 2.74. The molecule has 1 aliphatic rings. The van der Waals surface area contributed by atoms with Crippen molar-refractivity contribution >= 4 is 29.2 Å². The molecule has 1 saturated carbocycles. The van der Waals surface area contributed by atoms with E-state index < -0.39 is 5.97 Å². The lowest BCUT2D eigenvalue weighted by Crippen LogP contribution is -2.43. The molecule has 6 heteroatoms. The summed E-state index contributed by atoms with van der Waals surface area (Å²) < 4.78 is 0. The number of nitrogens with zero attached hydrogens (tertiary/aromatic N) is 1. The molecule has 1 aliphatic carbocycles. The van der Waals surface area contributed by atoms with Crippen molar-refractivity contribution in [2.24, 2.45) is 0 Å². The third-order valence-corrected chi connectivity index (χ3v) is 3.85. The van der Waals surface area contributed by atoms with Crippen LogP contribution in [-0.4, -0.2) is 36.1 Å². The van der Waals surface area contributed by atoms with Crippen molar-refractivity contribution in [3.05, 3.63) is 29.3 Å². The molecule has 0 unspecified atom stereocenters. The van der Waals surface area contributed by atoms with Crippen LogP contribution >= 0.6 is 11.6 Å². The molecule has 1 amide bonds. The van der Waals surface area contributed by atoms with Crippen molar-refractivity contribution in [2.75, 3.05) is 18.0 Å². The Morgan fingerprint density at radius 2 is 2.05 bits per heavy atom. The highest BCUT2D eigenvalue weighted by molar-refractivity contribution is 6.30. The molecule has 1 aromatic carbocycles. The maximum atomic E-state index is 12.3. The van der Waals surface area contributed by atoms with Crippen LogP contribution in [0.4, 0.5) is 5.69 Å². The Hall–Kier alpha value is -1.59. The van der Waals surface area contributed by atoms with Crippen molar-refractivity contribution < 1.29 is 14.7 Å². The number of hydrogen-bond donors (Lipinski definition) is 2. The number of rotatable bonds is 6. The fraction of sp³-hybridized carbons (Fsp3) is 0.467. The highest BCUT2D eigenvalue weighted by Gasteiger charge is 2.21. The molecule has 0 radical (unpaired) electrons. The molecule has 5 nitrogen and oxygen atoms in total. The fourth-order valence-electron chi connectivity index (χ4n) is 2.56. The van der Waals surface area contributed by atoms with Crippen LogP contribution in [0.1, 0.15) is 25.7 Å². The number of halogens is 1. The molecule has 0 aliphatic heterocycles. The van der Waals surface area contributed by atoms with Gasteiger partial charge in [0.15, 0.2) is 0 Å². The predicted molar refractivity (Wildman–Crippen MR) is 81.7 cm³/mol. The van der Waals surface area contributed by atoms with Gasteiger partial charge in [0.1, 0.15) is 6.54 Å². The number of carbonyl (C=O) groups excluding carboxylic acids is 1. The topological polar surface area (TPSA) is 69.6 Å². The lowest BCUT2D eigenvalue weighted by atomic mass is 10.2. The summed E-state index contributed by atoms with van der Waals surface area (Å²) in [5, 5.41) is 12.7. The largest absolute Gasteiger partial charge is 0.480 e. The maximum absolute atomic E-state index is 12.3. The van der Waals surface area contributed by atoms with E-state index in [-0.39, 0.29) is 19.0 Å². The summed E-state index contributed by atoms with van der Waals surface area (Å²) in [5.74, 6) is -1.31.